The smallest absolute Gasteiger partial charge is 0.196 e. The summed E-state index contributed by atoms with van der Waals surface area (Å²) >= 11 is 7.40. The maximum atomic E-state index is 12.7. The van der Waals surface area contributed by atoms with E-state index in [1.54, 1.807) is 24.3 Å². The first-order valence-electron chi connectivity index (χ1n) is 11.3. The van der Waals surface area contributed by atoms with Gasteiger partial charge in [0.1, 0.15) is 12.4 Å². The van der Waals surface area contributed by atoms with E-state index in [-0.39, 0.29) is 11.5 Å². The molecule has 1 heterocycles. The van der Waals surface area contributed by atoms with E-state index in [2.05, 4.69) is 29.3 Å². The van der Waals surface area contributed by atoms with Crippen LogP contribution >= 0.6 is 23.4 Å². The zero-order valence-electron chi connectivity index (χ0n) is 18.8. The van der Waals surface area contributed by atoms with E-state index in [0.29, 0.717) is 28.2 Å². The molecule has 34 heavy (non-hydrogen) atoms. The molecule has 5 nitrogen and oxygen atoms in total. The second-order valence-corrected chi connectivity index (χ2v) is 9.65. The SMILES string of the molecule is Cc1ccc(OCc2nnc(SCC(=O)c3cccc(Cl)c3)n2-c2ccccc2)c2c1CCC2. The summed E-state index contributed by atoms with van der Waals surface area (Å²) in [4.78, 5) is 12.7. The number of aryl methyl sites for hydroxylation is 1. The molecule has 5 rings (SSSR count). The lowest BCUT2D eigenvalue weighted by Gasteiger charge is -2.14. The molecule has 0 saturated heterocycles. The highest BCUT2D eigenvalue weighted by Gasteiger charge is 2.20. The van der Waals surface area contributed by atoms with Crippen LogP contribution in [0.2, 0.25) is 5.02 Å². The van der Waals surface area contributed by atoms with Gasteiger partial charge in [-0.1, -0.05) is 59.8 Å². The van der Waals surface area contributed by atoms with Crippen molar-refractivity contribution in [2.45, 2.75) is 37.9 Å². The average molecular weight is 490 g/mol. The van der Waals surface area contributed by atoms with Crippen LogP contribution < -0.4 is 4.74 Å². The molecular weight excluding hydrogens is 466 g/mol. The summed E-state index contributed by atoms with van der Waals surface area (Å²) in [7, 11) is 0. The Labute approximate surface area is 208 Å². The lowest BCUT2D eigenvalue weighted by Crippen LogP contribution is -2.08. The van der Waals surface area contributed by atoms with Crippen LogP contribution in [-0.2, 0) is 19.4 Å². The summed E-state index contributed by atoms with van der Waals surface area (Å²) < 4.78 is 8.22. The number of benzene rings is 3. The van der Waals surface area contributed by atoms with Crippen LogP contribution in [0.25, 0.3) is 5.69 Å². The molecule has 0 spiro atoms. The zero-order chi connectivity index (χ0) is 23.5. The molecule has 1 aromatic heterocycles. The molecule has 0 amide bonds. The van der Waals surface area contributed by atoms with Crippen LogP contribution in [0, 0.1) is 6.92 Å². The summed E-state index contributed by atoms with van der Waals surface area (Å²) in [5.41, 5.74) is 5.57. The number of aromatic nitrogens is 3. The van der Waals surface area contributed by atoms with Gasteiger partial charge in [0.15, 0.2) is 16.8 Å². The van der Waals surface area contributed by atoms with Gasteiger partial charge >= 0.3 is 0 Å². The number of fused-ring (bicyclic) bond motifs is 1. The molecule has 0 fully saturated rings. The summed E-state index contributed by atoms with van der Waals surface area (Å²) in [5.74, 6) is 1.84. The number of Topliss-reactive ketones (excluding diaryl/α,β-unsaturated/α-hetero) is 1. The minimum Gasteiger partial charge on any atom is -0.485 e. The third kappa shape index (κ3) is 4.74. The second kappa shape index (κ2) is 10.0. The van der Waals surface area contributed by atoms with Crippen LogP contribution in [0.5, 0.6) is 5.75 Å². The van der Waals surface area contributed by atoms with Gasteiger partial charge in [-0.25, -0.2) is 0 Å². The molecule has 0 atom stereocenters. The Morgan fingerprint density at radius 3 is 2.68 bits per heavy atom. The van der Waals surface area contributed by atoms with Gasteiger partial charge in [0, 0.05) is 16.3 Å². The topological polar surface area (TPSA) is 57.0 Å². The maximum absolute atomic E-state index is 12.7. The molecular formula is C27H24ClN3O2S. The summed E-state index contributed by atoms with van der Waals surface area (Å²) in [6.07, 6.45) is 3.32. The highest BCUT2D eigenvalue weighted by atomic mass is 35.5. The first-order chi connectivity index (χ1) is 16.6. The van der Waals surface area contributed by atoms with E-state index in [1.807, 2.05) is 34.9 Å². The monoisotopic (exact) mass is 489 g/mol. The first kappa shape index (κ1) is 22.7. The molecule has 172 valence electrons. The highest BCUT2D eigenvalue weighted by Crippen LogP contribution is 2.33. The molecule has 0 aliphatic heterocycles. The number of thioether (sulfide) groups is 1. The van der Waals surface area contributed by atoms with E-state index in [0.717, 1.165) is 30.7 Å². The molecule has 7 heteroatoms. The maximum Gasteiger partial charge on any atom is 0.196 e. The number of hydrogen-bond acceptors (Lipinski definition) is 5. The molecule has 0 unspecified atom stereocenters. The van der Waals surface area contributed by atoms with Crippen molar-refractivity contribution < 1.29 is 9.53 Å². The molecule has 0 bridgehead atoms. The standard InChI is InChI=1S/C27H24ClN3O2S/c1-18-13-14-25(23-12-6-11-22(18)23)33-16-26-29-30-27(31(26)21-9-3-2-4-10-21)34-17-24(32)19-7-5-8-20(28)15-19/h2-5,7-10,13-15H,6,11-12,16-17H2,1H3. The van der Waals surface area contributed by atoms with Crippen LogP contribution in [0.1, 0.15) is 39.3 Å². The largest absolute Gasteiger partial charge is 0.485 e. The number of ketones is 1. The number of rotatable bonds is 8. The summed E-state index contributed by atoms with van der Waals surface area (Å²) in [5, 5.41) is 10.0. The molecule has 0 N–H and O–H groups in total. The predicted molar refractivity (Wildman–Crippen MR) is 135 cm³/mol. The quantitative estimate of drug-likeness (QED) is 0.215. The summed E-state index contributed by atoms with van der Waals surface area (Å²) in [6.45, 7) is 2.45. The Balaban J connectivity index is 1.38. The van der Waals surface area contributed by atoms with Gasteiger partial charge in [0.25, 0.3) is 0 Å². The van der Waals surface area contributed by atoms with E-state index >= 15 is 0 Å². The van der Waals surface area contributed by atoms with E-state index in [4.69, 9.17) is 16.3 Å². The van der Waals surface area contributed by atoms with E-state index in [1.165, 1.54) is 28.5 Å². The van der Waals surface area contributed by atoms with Crippen molar-refractivity contribution in [2.75, 3.05) is 5.75 Å². The average Bonchev–Trinajstić information content (AvgIpc) is 3.51. The normalized spacial score (nSPS) is 12.5. The van der Waals surface area contributed by atoms with Crippen molar-refractivity contribution in [1.82, 2.24) is 14.8 Å². The van der Waals surface area contributed by atoms with Gasteiger partial charge < -0.3 is 4.74 Å². The lowest BCUT2D eigenvalue weighted by molar-refractivity contribution is 0.102. The zero-order valence-corrected chi connectivity index (χ0v) is 20.4. The fraction of sp³-hybridized carbons (Fsp3) is 0.222. The van der Waals surface area contributed by atoms with Crippen LogP contribution in [0.4, 0.5) is 0 Å². The number of halogens is 1. The number of ether oxygens (including phenoxy) is 1. The fourth-order valence-electron chi connectivity index (χ4n) is 4.33. The molecule has 0 radical (unpaired) electrons. The minimum absolute atomic E-state index is 0.0110. The van der Waals surface area contributed by atoms with E-state index in [9.17, 15) is 4.79 Å². The van der Waals surface area contributed by atoms with Crippen LogP contribution in [0.15, 0.2) is 71.9 Å². The minimum atomic E-state index is -0.0110. The van der Waals surface area contributed by atoms with Gasteiger partial charge in [-0.05, 0) is 73.2 Å². The van der Waals surface area contributed by atoms with Crippen molar-refractivity contribution in [3.05, 3.63) is 99.8 Å². The second-order valence-electron chi connectivity index (χ2n) is 8.27. The lowest BCUT2D eigenvalue weighted by atomic mass is 10.0. The number of carbonyl (C=O) groups is 1. The Hall–Kier alpha value is -3.09. The molecule has 1 aliphatic rings. The van der Waals surface area contributed by atoms with Crippen molar-refractivity contribution in [3.8, 4) is 11.4 Å². The Kier molecular flexibility index (Phi) is 6.70. The number of nitrogens with zero attached hydrogens (tertiary/aromatic N) is 3. The van der Waals surface area contributed by atoms with Gasteiger partial charge in [-0.2, -0.15) is 0 Å². The van der Waals surface area contributed by atoms with E-state index < -0.39 is 0 Å². The van der Waals surface area contributed by atoms with Crippen molar-refractivity contribution in [1.29, 1.82) is 0 Å². The molecule has 3 aromatic carbocycles. The number of hydrogen-bond donors (Lipinski definition) is 0. The van der Waals surface area contributed by atoms with Crippen molar-refractivity contribution >= 4 is 29.1 Å². The van der Waals surface area contributed by atoms with Gasteiger partial charge in [0.2, 0.25) is 0 Å². The van der Waals surface area contributed by atoms with Gasteiger partial charge in [-0.15, -0.1) is 10.2 Å². The fourth-order valence-corrected chi connectivity index (χ4v) is 5.38. The predicted octanol–water partition coefficient (Wildman–Crippen LogP) is 6.27. The molecule has 4 aromatic rings. The number of carbonyl (C=O) groups excluding carboxylic acids is 1. The molecule has 0 saturated carbocycles. The third-order valence-electron chi connectivity index (χ3n) is 6.03. The van der Waals surface area contributed by atoms with Gasteiger partial charge in [-0.3, -0.25) is 9.36 Å². The summed E-state index contributed by atoms with van der Waals surface area (Å²) in [6, 6.07) is 21.1. The Bertz CT molecular complexity index is 1340. The Morgan fingerprint density at radius 2 is 1.85 bits per heavy atom. The Morgan fingerprint density at radius 1 is 1.03 bits per heavy atom. The van der Waals surface area contributed by atoms with Crippen LogP contribution in [-0.4, -0.2) is 26.3 Å². The highest BCUT2D eigenvalue weighted by molar-refractivity contribution is 7.99. The number of para-hydroxylation sites is 1. The van der Waals surface area contributed by atoms with Crippen molar-refractivity contribution in [2.24, 2.45) is 0 Å². The first-order valence-corrected chi connectivity index (χ1v) is 12.6. The van der Waals surface area contributed by atoms with Gasteiger partial charge in [0.05, 0.1) is 5.75 Å². The third-order valence-corrected chi connectivity index (χ3v) is 7.19. The van der Waals surface area contributed by atoms with Crippen molar-refractivity contribution in [3.63, 3.8) is 0 Å². The van der Waals surface area contributed by atoms with Crippen LogP contribution in [0.3, 0.4) is 0 Å². The molecule has 1 aliphatic carbocycles.